The van der Waals surface area contributed by atoms with Crippen molar-refractivity contribution in [2.24, 2.45) is 5.73 Å². The second-order valence-corrected chi connectivity index (χ2v) is 3.62. The van der Waals surface area contributed by atoms with E-state index < -0.39 is 17.7 Å². The normalized spacial score (nSPS) is 12.8. The van der Waals surface area contributed by atoms with Gasteiger partial charge in [0.15, 0.2) is 0 Å². The summed E-state index contributed by atoms with van der Waals surface area (Å²) >= 11 is 0. The SMILES string of the molecule is NCCCc1ccccc1C(F)(F)C(F)(F)F. The van der Waals surface area contributed by atoms with Crippen LogP contribution >= 0.6 is 0 Å². The van der Waals surface area contributed by atoms with Crippen LogP contribution in [0.4, 0.5) is 22.0 Å². The van der Waals surface area contributed by atoms with E-state index in [0.29, 0.717) is 6.42 Å². The molecule has 0 spiro atoms. The van der Waals surface area contributed by atoms with Gasteiger partial charge in [0.25, 0.3) is 0 Å². The summed E-state index contributed by atoms with van der Waals surface area (Å²) in [5, 5.41) is 0. The lowest BCUT2D eigenvalue weighted by molar-refractivity contribution is -0.289. The molecule has 0 heterocycles. The van der Waals surface area contributed by atoms with Crippen molar-refractivity contribution in [3.63, 3.8) is 0 Å². The summed E-state index contributed by atoms with van der Waals surface area (Å²) in [4.78, 5) is 0. The predicted octanol–water partition coefficient (Wildman–Crippen LogP) is 3.23. The number of hydrogen-bond acceptors (Lipinski definition) is 1. The molecule has 6 heteroatoms. The smallest absolute Gasteiger partial charge is 0.330 e. The van der Waals surface area contributed by atoms with Gasteiger partial charge in [-0.1, -0.05) is 24.3 Å². The summed E-state index contributed by atoms with van der Waals surface area (Å²) in [6.07, 6.45) is -5.10. The Hall–Kier alpha value is -1.17. The maximum absolute atomic E-state index is 13.2. The fourth-order valence-electron chi connectivity index (χ4n) is 1.49. The van der Waals surface area contributed by atoms with Crippen molar-refractivity contribution in [3.05, 3.63) is 35.4 Å². The van der Waals surface area contributed by atoms with Crippen LogP contribution in [-0.2, 0) is 12.3 Å². The van der Waals surface area contributed by atoms with E-state index in [2.05, 4.69) is 0 Å². The van der Waals surface area contributed by atoms with Crippen LogP contribution in [0.5, 0.6) is 0 Å². The molecule has 0 aromatic heterocycles. The highest BCUT2D eigenvalue weighted by molar-refractivity contribution is 5.32. The minimum absolute atomic E-state index is 0.0136. The van der Waals surface area contributed by atoms with Crippen LogP contribution in [0.3, 0.4) is 0 Å². The maximum atomic E-state index is 13.2. The van der Waals surface area contributed by atoms with Gasteiger partial charge in [-0.05, 0) is 24.9 Å². The molecule has 0 radical (unpaired) electrons. The van der Waals surface area contributed by atoms with Gasteiger partial charge in [-0.2, -0.15) is 22.0 Å². The number of benzene rings is 1. The van der Waals surface area contributed by atoms with Gasteiger partial charge in [-0.25, -0.2) is 0 Å². The Labute approximate surface area is 95.4 Å². The topological polar surface area (TPSA) is 26.0 Å². The van der Waals surface area contributed by atoms with Gasteiger partial charge in [-0.3, -0.25) is 0 Å². The monoisotopic (exact) mass is 253 g/mol. The van der Waals surface area contributed by atoms with E-state index in [-0.39, 0.29) is 18.5 Å². The Balaban J connectivity index is 3.12. The lowest BCUT2D eigenvalue weighted by Crippen LogP contribution is -2.34. The third-order valence-electron chi connectivity index (χ3n) is 2.36. The Kier molecular flexibility index (Phi) is 4.08. The van der Waals surface area contributed by atoms with Crippen molar-refractivity contribution < 1.29 is 22.0 Å². The number of rotatable bonds is 4. The molecule has 0 saturated heterocycles. The third-order valence-corrected chi connectivity index (χ3v) is 2.36. The van der Waals surface area contributed by atoms with E-state index in [4.69, 9.17) is 5.73 Å². The lowest BCUT2D eigenvalue weighted by atomic mass is 9.97. The van der Waals surface area contributed by atoms with Gasteiger partial charge < -0.3 is 5.73 Å². The van der Waals surface area contributed by atoms with Gasteiger partial charge in [-0.15, -0.1) is 0 Å². The average molecular weight is 253 g/mol. The van der Waals surface area contributed by atoms with Crippen LogP contribution in [0.1, 0.15) is 17.5 Å². The van der Waals surface area contributed by atoms with Crippen molar-refractivity contribution in [2.75, 3.05) is 6.54 Å². The van der Waals surface area contributed by atoms with E-state index in [9.17, 15) is 22.0 Å². The van der Waals surface area contributed by atoms with Gasteiger partial charge in [0.2, 0.25) is 0 Å². The molecule has 1 aromatic carbocycles. The zero-order valence-electron chi connectivity index (χ0n) is 8.90. The average Bonchev–Trinajstić information content (AvgIpc) is 2.25. The van der Waals surface area contributed by atoms with Crippen LogP contribution in [0.25, 0.3) is 0 Å². The van der Waals surface area contributed by atoms with Crippen molar-refractivity contribution in [1.82, 2.24) is 0 Å². The Bertz CT molecular complexity index is 372. The Morgan fingerprint density at radius 2 is 1.59 bits per heavy atom. The molecule has 1 nitrogen and oxygen atoms in total. The molecule has 0 aliphatic heterocycles. The van der Waals surface area contributed by atoms with Gasteiger partial charge in [0, 0.05) is 5.56 Å². The summed E-state index contributed by atoms with van der Waals surface area (Å²) in [7, 11) is 0. The quantitative estimate of drug-likeness (QED) is 0.819. The first kappa shape index (κ1) is 13.9. The number of alkyl halides is 5. The Morgan fingerprint density at radius 3 is 2.12 bits per heavy atom. The second-order valence-electron chi connectivity index (χ2n) is 3.62. The third kappa shape index (κ3) is 2.94. The van der Waals surface area contributed by atoms with Crippen LogP contribution in [0.15, 0.2) is 24.3 Å². The highest BCUT2D eigenvalue weighted by atomic mass is 19.4. The van der Waals surface area contributed by atoms with Crippen molar-refractivity contribution in [1.29, 1.82) is 0 Å². The number of hydrogen-bond donors (Lipinski definition) is 1. The van der Waals surface area contributed by atoms with Crippen LogP contribution < -0.4 is 5.73 Å². The van der Waals surface area contributed by atoms with E-state index in [0.717, 1.165) is 6.07 Å². The largest absolute Gasteiger partial charge is 0.458 e. The van der Waals surface area contributed by atoms with Gasteiger partial charge >= 0.3 is 12.1 Å². The molecule has 0 saturated carbocycles. The van der Waals surface area contributed by atoms with Crippen molar-refractivity contribution >= 4 is 0 Å². The summed E-state index contributed by atoms with van der Waals surface area (Å²) in [5.74, 6) is -4.82. The van der Waals surface area contributed by atoms with Crippen LogP contribution in [0.2, 0.25) is 0 Å². The number of nitrogens with two attached hydrogens (primary N) is 1. The molecule has 1 rings (SSSR count). The molecule has 0 bridgehead atoms. The highest BCUT2D eigenvalue weighted by Crippen LogP contribution is 2.45. The van der Waals surface area contributed by atoms with Gasteiger partial charge in [0.1, 0.15) is 0 Å². The summed E-state index contributed by atoms with van der Waals surface area (Å²) in [6.45, 7) is 0.242. The first-order chi connectivity index (χ1) is 7.80. The molecule has 0 atom stereocenters. The van der Waals surface area contributed by atoms with Crippen molar-refractivity contribution in [2.45, 2.75) is 24.9 Å². The van der Waals surface area contributed by atoms with Gasteiger partial charge in [0.05, 0.1) is 0 Å². The standard InChI is InChI=1S/C11H12F5N/c12-10(13,11(14,15)16)9-6-2-1-4-8(9)5-3-7-17/h1-2,4,6H,3,5,7,17H2. The molecule has 0 fully saturated rings. The number of halogens is 5. The second kappa shape index (κ2) is 5.00. The molecule has 0 aliphatic rings. The highest BCUT2D eigenvalue weighted by Gasteiger charge is 2.59. The molecule has 96 valence electrons. The first-order valence-corrected chi connectivity index (χ1v) is 5.03. The molecule has 0 unspecified atom stereocenters. The molecule has 17 heavy (non-hydrogen) atoms. The maximum Gasteiger partial charge on any atom is 0.458 e. The summed E-state index contributed by atoms with van der Waals surface area (Å²) in [6, 6.07) is 4.67. The first-order valence-electron chi connectivity index (χ1n) is 5.03. The van der Waals surface area contributed by atoms with E-state index in [1.54, 1.807) is 0 Å². The zero-order valence-corrected chi connectivity index (χ0v) is 8.90. The predicted molar refractivity (Wildman–Crippen MR) is 53.8 cm³/mol. The molecule has 1 aromatic rings. The number of aryl methyl sites for hydroxylation is 1. The molecule has 2 N–H and O–H groups in total. The van der Waals surface area contributed by atoms with E-state index in [1.165, 1.54) is 18.2 Å². The molecule has 0 aliphatic carbocycles. The van der Waals surface area contributed by atoms with Crippen LogP contribution in [-0.4, -0.2) is 12.7 Å². The van der Waals surface area contributed by atoms with E-state index in [1.807, 2.05) is 0 Å². The molecule has 0 amide bonds. The fraction of sp³-hybridized carbons (Fsp3) is 0.455. The molecular formula is C11H12F5N. The zero-order chi connectivity index (χ0) is 13.1. The minimum Gasteiger partial charge on any atom is -0.330 e. The van der Waals surface area contributed by atoms with Crippen molar-refractivity contribution in [3.8, 4) is 0 Å². The van der Waals surface area contributed by atoms with Crippen LogP contribution in [0, 0.1) is 0 Å². The molecular weight excluding hydrogens is 241 g/mol. The lowest BCUT2D eigenvalue weighted by Gasteiger charge is -2.22. The Morgan fingerprint density at radius 1 is 1.00 bits per heavy atom. The fourth-order valence-corrected chi connectivity index (χ4v) is 1.49. The summed E-state index contributed by atoms with van der Waals surface area (Å²) in [5.41, 5.74) is 4.21. The summed E-state index contributed by atoms with van der Waals surface area (Å²) < 4.78 is 63.1. The minimum atomic E-state index is -5.58. The van der Waals surface area contributed by atoms with E-state index >= 15 is 0 Å².